The molecule has 1 aromatic heterocycles. The van der Waals surface area contributed by atoms with Crippen LogP contribution in [0, 0.1) is 6.92 Å². The van der Waals surface area contributed by atoms with Gasteiger partial charge in [0.1, 0.15) is 5.82 Å². The van der Waals surface area contributed by atoms with Crippen molar-refractivity contribution < 1.29 is 14.3 Å². The van der Waals surface area contributed by atoms with Crippen molar-refractivity contribution in [3.05, 3.63) is 5.82 Å². The Kier molecular flexibility index (Phi) is 5.85. The molecule has 8 heteroatoms. The minimum absolute atomic E-state index is 0.0453. The zero-order chi connectivity index (χ0) is 15.9. The molecule has 0 N–H and O–H groups in total. The fourth-order valence-electron chi connectivity index (χ4n) is 2.75. The number of piperidine rings is 1. The van der Waals surface area contributed by atoms with Gasteiger partial charge in [-0.1, -0.05) is 0 Å². The van der Waals surface area contributed by atoms with Crippen molar-refractivity contribution in [3.8, 4) is 0 Å². The van der Waals surface area contributed by atoms with Crippen LogP contribution in [0.2, 0.25) is 0 Å². The quantitative estimate of drug-likeness (QED) is 0.719. The van der Waals surface area contributed by atoms with Gasteiger partial charge in [0.15, 0.2) is 0 Å². The Bertz CT molecular complexity index is 516. The number of carbonyl (C=O) groups excluding carboxylic acids is 2. The highest BCUT2D eigenvalue weighted by atomic mass is 16.5. The van der Waals surface area contributed by atoms with E-state index in [0.717, 1.165) is 19.3 Å². The fourth-order valence-corrected chi connectivity index (χ4v) is 2.75. The summed E-state index contributed by atoms with van der Waals surface area (Å²) in [5.41, 5.74) is 0. The first kappa shape index (κ1) is 16.4. The second-order valence-electron chi connectivity index (χ2n) is 5.45. The number of aryl methyl sites for hydroxylation is 2. The van der Waals surface area contributed by atoms with Crippen molar-refractivity contribution in [2.24, 2.45) is 0 Å². The zero-order valence-electron chi connectivity index (χ0n) is 13.2. The molecule has 1 aromatic rings. The molecular weight excluding hydrogens is 286 g/mol. The molecular formula is C14H23N5O3. The Labute approximate surface area is 129 Å². The second-order valence-corrected chi connectivity index (χ2v) is 5.45. The number of likely N-dealkylation sites (tertiary alicyclic amines) is 1. The second kappa shape index (κ2) is 7.86. The van der Waals surface area contributed by atoms with E-state index in [2.05, 4.69) is 15.5 Å². The van der Waals surface area contributed by atoms with E-state index in [9.17, 15) is 9.59 Å². The topological polar surface area (TPSA) is 90.2 Å². The lowest BCUT2D eigenvalue weighted by molar-refractivity contribution is -0.146. The molecule has 0 bridgehead atoms. The average molecular weight is 309 g/mol. The van der Waals surface area contributed by atoms with Gasteiger partial charge in [0.25, 0.3) is 0 Å². The lowest BCUT2D eigenvalue weighted by Gasteiger charge is -2.35. The Balaban J connectivity index is 1.90. The molecule has 0 aromatic carbocycles. The maximum absolute atomic E-state index is 12.4. The van der Waals surface area contributed by atoms with Crippen LogP contribution in [-0.2, 0) is 20.9 Å². The highest BCUT2D eigenvalue weighted by molar-refractivity contribution is 5.78. The number of rotatable bonds is 6. The molecule has 0 spiro atoms. The van der Waals surface area contributed by atoms with Crippen LogP contribution in [0.15, 0.2) is 0 Å². The first-order valence-corrected chi connectivity index (χ1v) is 7.79. The summed E-state index contributed by atoms with van der Waals surface area (Å²) in [6.45, 7) is 5.13. The van der Waals surface area contributed by atoms with Crippen LogP contribution in [0.4, 0.5) is 0 Å². The summed E-state index contributed by atoms with van der Waals surface area (Å²) in [5.74, 6) is 0.502. The number of tetrazole rings is 1. The number of carbonyl (C=O) groups is 2. The number of hydrogen-bond acceptors (Lipinski definition) is 6. The molecule has 8 nitrogen and oxygen atoms in total. The van der Waals surface area contributed by atoms with Gasteiger partial charge in [-0.2, -0.15) is 0 Å². The molecule has 0 unspecified atom stereocenters. The van der Waals surface area contributed by atoms with E-state index in [1.807, 2.05) is 4.90 Å². The lowest BCUT2D eigenvalue weighted by atomic mass is 9.99. The van der Waals surface area contributed by atoms with Gasteiger partial charge in [0.2, 0.25) is 5.91 Å². The first-order valence-electron chi connectivity index (χ1n) is 7.79. The summed E-state index contributed by atoms with van der Waals surface area (Å²) < 4.78 is 6.61. The van der Waals surface area contributed by atoms with Crippen molar-refractivity contribution >= 4 is 11.9 Å². The maximum atomic E-state index is 12.4. The predicted octanol–water partition coefficient (Wildman–Crippen LogP) is 0.706. The number of ether oxygens (including phenoxy) is 1. The normalized spacial score (nSPS) is 18.3. The molecule has 1 amide bonds. The average Bonchev–Trinajstić information content (AvgIpc) is 2.91. The van der Waals surface area contributed by atoms with Gasteiger partial charge >= 0.3 is 5.97 Å². The summed E-state index contributed by atoms with van der Waals surface area (Å²) in [6.07, 6.45) is 3.50. The van der Waals surface area contributed by atoms with E-state index in [-0.39, 0.29) is 24.3 Å². The molecule has 1 aliphatic heterocycles. The van der Waals surface area contributed by atoms with E-state index in [1.165, 1.54) is 0 Å². The van der Waals surface area contributed by atoms with E-state index in [1.54, 1.807) is 18.5 Å². The van der Waals surface area contributed by atoms with Crippen LogP contribution >= 0.6 is 0 Å². The summed E-state index contributed by atoms with van der Waals surface area (Å²) in [4.78, 5) is 25.9. The van der Waals surface area contributed by atoms with E-state index in [4.69, 9.17) is 4.74 Å². The van der Waals surface area contributed by atoms with E-state index >= 15 is 0 Å². The zero-order valence-corrected chi connectivity index (χ0v) is 13.2. The summed E-state index contributed by atoms with van der Waals surface area (Å²) in [5, 5.41) is 11.2. The minimum Gasteiger partial charge on any atom is -0.466 e. The third-order valence-corrected chi connectivity index (χ3v) is 3.90. The van der Waals surface area contributed by atoms with Gasteiger partial charge in [-0.05, 0) is 43.5 Å². The lowest BCUT2D eigenvalue weighted by Crippen LogP contribution is -2.45. The van der Waals surface area contributed by atoms with Gasteiger partial charge in [-0.3, -0.25) is 9.59 Å². The molecule has 0 radical (unpaired) electrons. The van der Waals surface area contributed by atoms with Gasteiger partial charge < -0.3 is 9.64 Å². The first-order chi connectivity index (χ1) is 10.6. The molecule has 0 aliphatic carbocycles. The van der Waals surface area contributed by atoms with Crippen LogP contribution in [0.5, 0.6) is 0 Å². The van der Waals surface area contributed by atoms with Crippen LogP contribution in [0.25, 0.3) is 0 Å². The fraction of sp³-hybridized carbons (Fsp3) is 0.786. The Hall–Kier alpha value is -1.99. The third kappa shape index (κ3) is 4.25. The van der Waals surface area contributed by atoms with E-state index < -0.39 is 0 Å². The maximum Gasteiger partial charge on any atom is 0.307 e. The highest BCUT2D eigenvalue weighted by Crippen LogP contribution is 2.21. The molecule has 2 heterocycles. The van der Waals surface area contributed by atoms with Crippen LogP contribution in [-0.4, -0.2) is 56.2 Å². The highest BCUT2D eigenvalue weighted by Gasteiger charge is 2.28. The number of esters is 1. The van der Waals surface area contributed by atoms with Crippen LogP contribution in [0.1, 0.15) is 44.9 Å². The molecule has 1 atom stereocenters. The summed E-state index contributed by atoms with van der Waals surface area (Å²) >= 11 is 0. The molecule has 0 saturated carbocycles. The third-order valence-electron chi connectivity index (χ3n) is 3.90. The number of nitrogens with zero attached hydrogens (tertiary/aromatic N) is 5. The molecule has 22 heavy (non-hydrogen) atoms. The summed E-state index contributed by atoms with van der Waals surface area (Å²) in [7, 11) is 0. The monoisotopic (exact) mass is 309 g/mol. The standard InChI is InChI=1S/C14H23N5O3/c1-3-22-14(21)10-12-6-4-5-8-18(12)13(20)7-9-19-11(2)15-16-17-19/h12H,3-10H2,1-2H3/t12-/m0/s1. The molecule has 122 valence electrons. The number of aromatic nitrogens is 4. The largest absolute Gasteiger partial charge is 0.466 e. The van der Waals surface area contributed by atoms with Gasteiger partial charge in [0, 0.05) is 19.0 Å². The van der Waals surface area contributed by atoms with Crippen LogP contribution < -0.4 is 0 Å². The van der Waals surface area contributed by atoms with Crippen LogP contribution in [0.3, 0.4) is 0 Å². The number of amides is 1. The van der Waals surface area contributed by atoms with Crippen molar-refractivity contribution in [2.45, 2.75) is 58.5 Å². The minimum atomic E-state index is -0.233. The molecule has 1 fully saturated rings. The molecule has 2 rings (SSSR count). The van der Waals surface area contributed by atoms with Gasteiger partial charge in [-0.25, -0.2) is 4.68 Å². The van der Waals surface area contributed by atoms with E-state index in [0.29, 0.717) is 31.9 Å². The number of hydrogen-bond donors (Lipinski definition) is 0. The van der Waals surface area contributed by atoms with Crippen molar-refractivity contribution in [3.63, 3.8) is 0 Å². The SMILES string of the molecule is CCOC(=O)C[C@@H]1CCCCN1C(=O)CCn1nnnc1C. The Morgan fingerprint density at radius 3 is 2.86 bits per heavy atom. The summed E-state index contributed by atoms with van der Waals surface area (Å²) in [6, 6.07) is -0.0460. The van der Waals surface area contributed by atoms with Crippen molar-refractivity contribution in [2.75, 3.05) is 13.2 Å². The van der Waals surface area contributed by atoms with Crippen molar-refractivity contribution in [1.29, 1.82) is 0 Å². The van der Waals surface area contributed by atoms with Crippen molar-refractivity contribution in [1.82, 2.24) is 25.1 Å². The smallest absolute Gasteiger partial charge is 0.307 e. The van der Waals surface area contributed by atoms with Gasteiger partial charge in [0.05, 0.1) is 19.6 Å². The van der Waals surface area contributed by atoms with Gasteiger partial charge in [-0.15, -0.1) is 5.10 Å². The predicted molar refractivity (Wildman–Crippen MR) is 77.8 cm³/mol. The molecule has 1 saturated heterocycles. The Morgan fingerprint density at radius 1 is 1.36 bits per heavy atom. The Morgan fingerprint density at radius 2 is 2.18 bits per heavy atom. The molecule has 1 aliphatic rings.